The second-order valence-electron chi connectivity index (χ2n) is 7.84. The molecule has 4 heteroatoms. The average Bonchev–Trinajstić information content (AvgIpc) is 3.17. The lowest BCUT2D eigenvalue weighted by Gasteiger charge is -2.35. The Hall–Kier alpha value is -1.39. The molecule has 0 radical (unpaired) electrons. The lowest BCUT2D eigenvalue weighted by Crippen LogP contribution is -2.47. The van der Waals surface area contributed by atoms with Crippen molar-refractivity contribution in [3.63, 3.8) is 0 Å². The largest absolute Gasteiger partial charge is 0.344 e. The van der Waals surface area contributed by atoms with Gasteiger partial charge < -0.3 is 4.90 Å². The van der Waals surface area contributed by atoms with E-state index in [0.29, 0.717) is 11.8 Å². The predicted octanol–water partition coefficient (Wildman–Crippen LogP) is 2.84. The molecule has 2 aliphatic rings. The van der Waals surface area contributed by atoms with Gasteiger partial charge in [0.15, 0.2) is 0 Å². The standard InChI is InChI=1S/C21H33N3O/c1-18(24-12-6-7-13-24)21(25)22(2)16-20-10-14-23(15-11-20)17-19-8-4-3-5-9-19/h3-5,8-9,18,20H,6-7,10-17H2,1-2H3/t18-/m0/s1. The number of carbonyl (C=O) groups excluding carboxylic acids is 1. The fourth-order valence-corrected chi connectivity index (χ4v) is 4.25. The Morgan fingerprint density at radius 2 is 1.76 bits per heavy atom. The van der Waals surface area contributed by atoms with Crippen LogP contribution in [0.2, 0.25) is 0 Å². The van der Waals surface area contributed by atoms with Gasteiger partial charge in [-0.3, -0.25) is 14.6 Å². The van der Waals surface area contributed by atoms with Gasteiger partial charge in [0.25, 0.3) is 0 Å². The van der Waals surface area contributed by atoms with Crippen molar-refractivity contribution in [3.05, 3.63) is 35.9 Å². The van der Waals surface area contributed by atoms with E-state index in [1.54, 1.807) is 0 Å². The summed E-state index contributed by atoms with van der Waals surface area (Å²) >= 11 is 0. The topological polar surface area (TPSA) is 26.8 Å². The van der Waals surface area contributed by atoms with E-state index in [9.17, 15) is 4.79 Å². The number of nitrogens with zero attached hydrogens (tertiary/aromatic N) is 3. The summed E-state index contributed by atoms with van der Waals surface area (Å²) in [4.78, 5) is 19.5. The summed E-state index contributed by atoms with van der Waals surface area (Å²) in [6, 6.07) is 10.8. The van der Waals surface area contributed by atoms with E-state index in [1.807, 2.05) is 11.9 Å². The third-order valence-corrected chi connectivity index (χ3v) is 5.91. The van der Waals surface area contributed by atoms with Crippen LogP contribution in [-0.4, -0.2) is 66.4 Å². The molecule has 1 atom stereocenters. The quantitative estimate of drug-likeness (QED) is 0.795. The summed E-state index contributed by atoms with van der Waals surface area (Å²) in [5, 5.41) is 0. The zero-order valence-electron chi connectivity index (χ0n) is 15.9. The van der Waals surface area contributed by atoms with Crippen molar-refractivity contribution >= 4 is 5.91 Å². The number of hydrogen-bond acceptors (Lipinski definition) is 3. The second kappa shape index (κ2) is 8.81. The van der Waals surface area contributed by atoms with Gasteiger partial charge in [0.1, 0.15) is 0 Å². The highest BCUT2D eigenvalue weighted by Gasteiger charge is 2.28. The smallest absolute Gasteiger partial charge is 0.239 e. The first-order valence-electron chi connectivity index (χ1n) is 9.89. The minimum Gasteiger partial charge on any atom is -0.344 e. The van der Waals surface area contributed by atoms with Gasteiger partial charge in [-0.15, -0.1) is 0 Å². The van der Waals surface area contributed by atoms with E-state index in [2.05, 4.69) is 47.1 Å². The molecule has 1 aromatic rings. The Labute approximate surface area is 152 Å². The molecule has 2 fully saturated rings. The van der Waals surface area contributed by atoms with E-state index in [0.717, 1.165) is 39.3 Å². The molecule has 2 heterocycles. The number of likely N-dealkylation sites (N-methyl/N-ethyl adjacent to an activating group) is 1. The molecule has 0 bridgehead atoms. The maximum atomic E-state index is 12.7. The van der Waals surface area contributed by atoms with Crippen molar-refractivity contribution in [2.75, 3.05) is 39.8 Å². The SMILES string of the molecule is C[C@@H](C(=O)N(C)CC1CCN(Cc2ccccc2)CC1)N1CCCC1. The molecule has 0 N–H and O–H groups in total. The number of carbonyl (C=O) groups is 1. The summed E-state index contributed by atoms with van der Waals surface area (Å²) < 4.78 is 0. The summed E-state index contributed by atoms with van der Waals surface area (Å²) in [5.41, 5.74) is 1.40. The molecular weight excluding hydrogens is 310 g/mol. The Morgan fingerprint density at radius 3 is 2.40 bits per heavy atom. The number of piperidine rings is 1. The van der Waals surface area contributed by atoms with E-state index < -0.39 is 0 Å². The highest BCUT2D eigenvalue weighted by molar-refractivity contribution is 5.81. The molecule has 0 spiro atoms. The van der Waals surface area contributed by atoms with Gasteiger partial charge >= 0.3 is 0 Å². The first-order valence-corrected chi connectivity index (χ1v) is 9.89. The molecular formula is C21H33N3O. The molecule has 0 aromatic heterocycles. The van der Waals surface area contributed by atoms with Crippen LogP contribution in [0.15, 0.2) is 30.3 Å². The first kappa shape index (κ1) is 18.4. The third-order valence-electron chi connectivity index (χ3n) is 5.91. The monoisotopic (exact) mass is 343 g/mol. The van der Waals surface area contributed by atoms with E-state index in [4.69, 9.17) is 0 Å². The molecule has 3 rings (SSSR count). The Kier molecular flexibility index (Phi) is 6.49. The van der Waals surface area contributed by atoms with Crippen LogP contribution >= 0.6 is 0 Å². The number of likely N-dealkylation sites (tertiary alicyclic amines) is 2. The molecule has 0 saturated carbocycles. The Balaban J connectivity index is 1.41. The van der Waals surface area contributed by atoms with Crippen molar-refractivity contribution in [2.24, 2.45) is 5.92 Å². The lowest BCUT2D eigenvalue weighted by atomic mass is 9.95. The highest BCUT2D eigenvalue weighted by Crippen LogP contribution is 2.21. The van der Waals surface area contributed by atoms with Crippen molar-refractivity contribution in [2.45, 2.75) is 45.2 Å². The minimum absolute atomic E-state index is 0.0469. The van der Waals surface area contributed by atoms with Crippen molar-refractivity contribution in [1.29, 1.82) is 0 Å². The number of benzene rings is 1. The van der Waals surface area contributed by atoms with E-state index >= 15 is 0 Å². The number of rotatable bonds is 6. The normalized spacial score (nSPS) is 21.4. The van der Waals surface area contributed by atoms with Crippen LogP contribution in [0.3, 0.4) is 0 Å². The number of hydrogen-bond donors (Lipinski definition) is 0. The minimum atomic E-state index is 0.0469. The van der Waals surface area contributed by atoms with Gasteiger partial charge in [-0.25, -0.2) is 0 Å². The van der Waals surface area contributed by atoms with Crippen LogP contribution in [-0.2, 0) is 11.3 Å². The third kappa shape index (κ3) is 5.05. The van der Waals surface area contributed by atoms with Crippen LogP contribution in [0.4, 0.5) is 0 Å². The average molecular weight is 344 g/mol. The molecule has 138 valence electrons. The molecule has 1 amide bonds. The van der Waals surface area contributed by atoms with Crippen LogP contribution in [0.1, 0.15) is 38.2 Å². The van der Waals surface area contributed by atoms with Crippen molar-refractivity contribution < 1.29 is 4.79 Å². The van der Waals surface area contributed by atoms with Crippen LogP contribution in [0.25, 0.3) is 0 Å². The molecule has 4 nitrogen and oxygen atoms in total. The summed E-state index contributed by atoms with van der Waals surface area (Å²) in [5.74, 6) is 0.945. The summed E-state index contributed by atoms with van der Waals surface area (Å²) in [7, 11) is 1.99. The Bertz CT molecular complexity index is 533. The molecule has 25 heavy (non-hydrogen) atoms. The zero-order valence-corrected chi connectivity index (χ0v) is 15.9. The first-order chi connectivity index (χ1) is 12.1. The van der Waals surface area contributed by atoms with Gasteiger partial charge in [0.05, 0.1) is 6.04 Å². The predicted molar refractivity (Wildman–Crippen MR) is 102 cm³/mol. The Morgan fingerprint density at radius 1 is 1.12 bits per heavy atom. The molecule has 0 unspecified atom stereocenters. The molecule has 2 aliphatic heterocycles. The summed E-state index contributed by atoms with van der Waals surface area (Å²) in [6.45, 7) is 8.49. The van der Waals surface area contributed by atoms with Crippen LogP contribution < -0.4 is 0 Å². The zero-order chi connectivity index (χ0) is 17.6. The maximum Gasteiger partial charge on any atom is 0.239 e. The van der Waals surface area contributed by atoms with Gasteiger partial charge in [0.2, 0.25) is 5.91 Å². The molecule has 0 aliphatic carbocycles. The lowest BCUT2D eigenvalue weighted by molar-refractivity contribution is -0.135. The molecule has 2 saturated heterocycles. The van der Waals surface area contributed by atoms with Gasteiger partial charge in [-0.2, -0.15) is 0 Å². The number of amides is 1. The van der Waals surface area contributed by atoms with Crippen molar-refractivity contribution in [1.82, 2.24) is 14.7 Å². The van der Waals surface area contributed by atoms with E-state index in [-0.39, 0.29) is 6.04 Å². The highest BCUT2D eigenvalue weighted by atomic mass is 16.2. The fraction of sp³-hybridized carbons (Fsp3) is 0.667. The van der Waals surface area contributed by atoms with E-state index in [1.165, 1.54) is 31.2 Å². The van der Waals surface area contributed by atoms with Crippen LogP contribution in [0, 0.1) is 5.92 Å². The van der Waals surface area contributed by atoms with Gasteiger partial charge in [-0.05, 0) is 70.3 Å². The fourth-order valence-electron chi connectivity index (χ4n) is 4.25. The van der Waals surface area contributed by atoms with Crippen LogP contribution in [0.5, 0.6) is 0 Å². The van der Waals surface area contributed by atoms with Gasteiger partial charge in [-0.1, -0.05) is 30.3 Å². The van der Waals surface area contributed by atoms with Gasteiger partial charge in [0, 0.05) is 20.1 Å². The maximum absolute atomic E-state index is 12.7. The second-order valence-corrected chi connectivity index (χ2v) is 7.84. The van der Waals surface area contributed by atoms with Crippen molar-refractivity contribution in [3.8, 4) is 0 Å². The summed E-state index contributed by atoms with van der Waals surface area (Å²) in [6.07, 6.45) is 4.87. The molecule has 1 aromatic carbocycles.